The molecule has 3 fully saturated rings. The summed E-state index contributed by atoms with van der Waals surface area (Å²) in [5.41, 5.74) is 0.597. The van der Waals surface area contributed by atoms with Crippen molar-refractivity contribution < 1.29 is 9.90 Å². The summed E-state index contributed by atoms with van der Waals surface area (Å²) in [7, 11) is 0. The average molecular weight is 250 g/mol. The molecule has 3 aliphatic carbocycles. The highest BCUT2D eigenvalue weighted by molar-refractivity contribution is 5.72. The van der Waals surface area contributed by atoms with E-state index < -0.39 is 5.97 Å². The summed E-state index contributed by atoms with van der Waals surface area (Å²) in [5.74, 6) is -0.532. The minimum Gasteiger partial charge on any atom is -0.481 e. The van der Waals surface area contributed by atoms with Crippen molar-refractivity contribution in [3.05, 3.63) is 0 Å². The van der Waals surface area contributed by atoms with Crippen molar-refractivity contribution in [2.45, 2.75) is 77.0 Å². The fraction of sp³-hybridized carbons (Fsp3) is 0.938. The molecular formula is C16H26O2. The maximum Gasteiger partial charge on any atom is 0.307 e. The van der Waals surface area contributed by atoms with Gasteiger partial charge in [0.2, 0.25) is 0 Å². The molecule has 0 unspecified atom stereocenters. The minimum atomic E-state index is -0.501. The monoisotopic (exact) mass is 250 g/mol. The van der Waals surface area contributed by atoms with Gasteiger partial charge < -0.3 is 5.11 Å². The number of carbonyl (C=O) groups is 1. The maximum absolute atomic E-state index is 11.7. The van der Waals surface area contributed by atoms with Gasteiger partial charge in [-0.25, -0.2) is 0 Å². The van der Waals surface area contributed by atoms with E-state index in [1.807, 2.05) is 0 Å². The summed E-state index contributed by atoms with van der Waals surface area (Å²) in [6, 6.07) is 0. The molecule has 0 aromatic heterocycles. The Hall–Kier alpha value is -0.530. The maximum atomic E-state index is 11.7. The van der Waals surface area contributed by atoms with E-state index in [4.69, 9.17) is 0 Å². The van der Waals surface area contributed by atoms with Gasteiger partial charge in [-0.1, -0.05) is 38.5 Å². The molecular weight excluding hydrogens is 224 g/mol. The zero-order valence-corrected chi connectivity index (χ0v) is 11.4. The predicted octanol–water partition coefficient (Wildman–Crippen LogP) is 4.38. The Morgan fingerprint density at radius 3 is 2.00 bits per heavy atom. The summed E-state index contributed by atoms with van der Waals surface area (Å²) < 4.78 is 0. The van der Waals surface area contributed by atoms with Gasteiger partial charge in [0.15, 0.2) is 0 Å². The van der Waals surface area contributed by atoms with Crippen LogP contribution in [0.3, 0.4) is 0 Å². The third-order valence-electron chi connectivity index (χ3n) is 6.17. The molecule has 0 aliphatic heterocycles. The van der Waals surface area contributed by atoms with E-state index in [2.05, 4.69) is 0 Å². The van der Waals surface area contributed by atoms with Crippen LogP contribution in [-0.4, -0.2) is 11.1 Å². The quantitative estimate of drug-likeness (QED) is 0.749. The molecule has 2 heteroatoms. The molecule has 0 aromatic rings. The van der Waals surface area contributed by atoms with Crippen molar-refractivity contribution in [3.63, 3.8) is 0 Å². The second-order valence-corrected chi connectivity index (χ2v) is 7.26. The largest absolute Gasteiger partial charge is 0.481 e. The van der Waals surface area contributed by atoms with Gasteiger partial charge in [0, 0.05) is 0 Å². The van der Waals surface area contributed by atoms with Crippen LogP contribution in [0.15, 0.2) is 0 Å². The Labute approximate surface area is 110 Å². The van der Waals surface area contributed by atoms with E-state index in [1.54, 1.807) is 0 Å². The lowest BCUT2D eigenvalue weighted by molar-refractivity contribution is -0.146. The number of hydrogen-bond acceptors (Lipinski definition) is 1. The Balaban J connectivity index is 1.85. The minimum absolute atomic E-state index is 0.0316. The van der Waals surface area contributed by atoms with E-state index >= 15 is 0 Å². The Morgan fingerprint density at radius 2 is 1.44 bits per heavy atom. The second kappa shape index (κ2) is 4.54. The molecule has 18 heavy (non-hydrogen) atoms. The van der Waals surface area contributed by atoms with Gasteiger partial charge >= 0.3 is 5.97 Å². The third-order valence-corrected chi connectivity index (χ3v) is 6.17. The molecule has 0 amide bonds. The number of carboxylic acid groups (broad SMARTS) is 1. The summed E-state index contributed by atoms with van der Waals surface area (Å²) >= 11 is 0. The molecule has 3 rings (SSSR count). The van der Waals surface area contributed by atoms with Crippen molar-refractivity contribution >= 4 is 5.97 Å². The first-order chi connectivity index (χ1) is 8.66. The van der Waals surface area contributed by atoms with Gasteiger partial charge in [0.05, 0.1) is 5.92 Å². The molecule has 0 radical (unpaired) electrons. The summed E-state index contributed by atoms with van der Waals surface area (Å²) in [5, 5.41) is 9.64. The Morgan fingerprint density at radius 1 is 0.889 bits per heavy atom. The lowest BCUT2D eigenvalue weighted by atomic mass is 9.65. The highest BCUT2D eigenvalue weighted by Gasteiger charge is 2.56. The van der Waals surface area contributed by atoms with Crippen LogP contribution >= 0.6 is 0 Å². The van der Waals surface area contributed by atoms with Crippen LogP contribution in [-0.2, 0) is 4.79 Å². The Kier molecular flexibility index (Phi) is 3.15. The predicted molar refractivity (Wildman–Crippen MR) is 71.4 cm³/mol. The molecule has 3 aliphatic rings. The van der Waals surface area contributed by atoms with E-state index in [0.29, 0.717) is 5.41 Å². The summed E-state index contributed by atoms with van der Waals surface area (Å²) in [6.45, 7) is 0. The number of hydrogen-bond donors (Lipinski definition) is 1. The zero-order chi connectivity index (χ0) is 12.6. The highest BCUT2D eigenvalue weighted by atomic mass is 16.4. The summed E-state index contributed by atoms with van der Waals surface area (Å²) in [4.78, 5) is 11.7. The molecule has 2 spiro atoms. The molecule has 102 valence electrons. The first kappa shape index (κ1) is 12.5. The van der Waals surface area contributed by atoms with E-state index in [9.17, 15) is 9.90 Å². The normalized spacial score (nSPS) is 33.9. The molecule has 0 bridgehead atoms. The van der Waals surface area contributed by atoms with Crippen LogP contribution < -0.4 is 0 Å². The van der Waals surface area contributed by atoms with Crippen molar-refractivity contribution in [1.29, 1.82) is 0 Å². The van der Waals surface area contributed by atoms with E-state index in [1.165, 1.54) is 70.6 Å². The second-order valence-electron chi connectivity index (χ2n) is 7.26. The van der Waals surface area contributed by atoms with Crippen molar-refractivity contribution in [1.82, 2.24) is 0 Å². The lowest BCUT2D eigenvalue weighted by Gasteiger charge is -2.39. The lowest BCUT2D eigenvalue weighted by Crippen LogP contribution is -2.33. The molecule has 1 atom stereocenters. The zero-order valence-electron chi connectivity index (χ0n) is 11.4. The topological polar surface area (TPSA) is 37.3 Å². The molecule has 0 heterocycles. The fourth-order valence-corrected chi connectivity index (χ4v) is 5.40. The van der Waals surface area contributed by atoms with Crippen molar-refractivity contribution in [2.75, 3.05) is 0 Å². The van der Waals surface area contributed by atoms with Crippen LogP contribution in [0.2, 0.25) is 0 Å². The van der Waals surface area contributed by atoms with Crippen molar-refractivity contribution in [2.24, 2.45) is 16.7 Å². The van der Waals surface area contributed by atoms with Crippen molar-refractivity contribution in [3.8, 4) is 0 Å². The molecule has 0 aromatic carbocycles. The highest BCUT2D eigenvalue weighted by Crippen LogP contribution is 2.63. The van der Waals surface area contributed by atoms with Crippen LogP contribution in [0.5, 0.6) is 0 Å². The standard InChI is InChI=1S/C16H26O2/c17-14(18)13-11-15(7-3-1-4-8-15)12-16(13)9-5-2-6-10-16/h13H,1-12H2,(H,17,18)/t13-/m1/s1. The van der Waals surface area contributed by atoms with E-state index in [-0.39, 0.29) is 11.3 Å². The fourth-order valence-electron chi connectivity index (χ4n) is 5.40. The number of rotatable bonds is 1. The van der Waals surface area contributed by atoms with Crippen LogP contribution in [0.4, 0.5) is 0 Å². The first-order valence-corrected chi connectivity index (χ1v) is 7.89. The molecule has 1 N–H and O–H groups in total. The Bertz CT molecular complexity index is 322. The molecule has 0 saturated heterocycles. The number of aliphatic carboxylic acids is 1. The van der Waals surface area contributed by atoms with Gasteiger partial charge in [0.1, 0.15) is 0 Å². The molecule has 3 saturated carbocycles. The van der Waals surface area contributed by atoms with E-state index in [0.717, 1.165) is 6.42 Å². The summed E-state index contributed by atoms with van der Waals surface area (Å²) in [6.07, 6.45) is 15.1. The van der Waals surface area contributed by atoms with Gasteiger partial charge in [-0.15, -0.1) is 0 Å². The van der Waals surface area contributed by atoms with Crippen LogP contribution in [0.1, 0.15) is 77.0 Å². The first-order valence-electron chi connectivity index (χ1n) is 7.89. The third kappa shape index (κ3) is 1.98. The smallest absolute Gasteiger partial charge is 0.307 e. The average Bonchev–Trinajstić information content (AvgIpc) is 2.65. The van der Waals surface area contributed by atoms with Gasteiger partial charge in [-0.05, 0) is 49.4 Å². The van der Waals surface area contributed by atoms with Gasteiger partial charge in [0.25, 0.3) is 0 Å². The van der Waals surface area contributed by atoms with Crippen LogP contribution in [0.25, 0.3) is 0 Å². The molecule has 2 nitrogen and oxygen atoms in total. The van der Waals surface area contributed by atoms with Gasteiger partial charge in [-0.2, -0.15) is 0 Å². The number of carboxylic acids is 1. The van der Waals surface area contributed by atoms with Gasteiger partial charge in [-0.3, -0.25) is 4.79 Å². The SMILES string of the molecule is O=C(O)[C@H]1CC2(CCCCC2)CC12CCCCC2. The van der Waals surface area contributed by atoms with Crippen LogP contribution in [0, 0.1) is 16.7 Å².